The molecule has 0 spiro atoms. The molecule has 0 amide bonds. The summed E-state index contributed by atoms with van der Waals surface area (Å²) in [4.78, 5) is 0. The van der Waals surface area contributed by atoms with E-state index in [4.69, 9.17) is 13.9 Å². The fourth-order valence-corrected chi connectivity index (χ4v) is 1.74. The Hall–Kier alpha value is -1.94. The van der Waals surface area contributed by atoms with E-state index in [0.717, 1.165) is 29.4 Å². The Morgan fingerprint density at radius 2 is 1.85 bits per heavy atom. The SMILES string of the molecule is COc1ccc(OCc2cc(CNC(C)C)co2)cc1. The molecule has 0 radical (unpaired) electrons. The molecular weight excluding hydrogens is 254 g/mol. The predicted octanol–water partition coefficient (Wildman–Crippen LogP) is 3.37. The third-order valence-electron chi connectivity index (χ3n) is 2.86. The van der Waals surface area contributed by atoms with E-state index >= 15 is 0 Å². The van der Waals surface area contributed by atoms with E-state index in [1.807, 2.05) is 30.3 Å². The quantitative estimate of drug-likeness (QED) is 0.841. The summed E-state index contributed by atoms with van der Waals surface area (Å²) in [5, 5.41) is 3.35. The van der Waals surface area contributed by atoms with Gasteiger partial charge in [0.25, 0.3) is 0 Å². The van der Waals surface area contributed by atoms with E-state index < -0.39 is 0 Å². The molecule has 2 rings (SSSR count). The predicted molar refractivity (Wildman–Crippen MR) is 78.0 cm³/mol. The second kappa shape index (κ2) is 7.01. The zero-order valence-corrected chi connectivity index (χ0v) is 12.2. The van der Waals surface area contributed by atoms with Crippen molar-refractivity contribution in [2.75, 3.05) is 7.11 Å². The smallest absolute Gasteiger partial charge is 0.146 e. The van der Waals surface area contributed by atoms with Crippen molar-refractivity contribution < 1.29 is 13.9 Å². The Morgan fingerprint density at radius 1 is 1.15 bits per heavy atom. The minimum atomic E-state index is 0.425. The molecule has 2 aromatic rings. The van der Waals surface area contributed by atoms with E-state index in [0.29, 0.717) is 12.6 Å². The number of rotatable bonds is 7. The maximum Gasteiger partial charge on any atom is 0.146 e. The molecule has 0 bridgehead atoms. The topological polar surface area (TPSA) is 43.6 Å². The minimum absolute atomic E-state index is 0.425. The van der Waals surface area contributed by atoms with Crippen molar-refractivity contribution in [3.05, 3.63) is 47.9 Å². The van der Waals surface area contributed by atoms with Gasteiger partial charge in [-0.15, -0.1) is 0 Å². The first-order valence-corrected chi connectivity index (χ1v) is 6.74. The molecule has 0 saturated carbocycles. The highest BCUT2D eigenvalue weighted by atomic mass is 16.5. The molecular formula is C16H21NO3. The van der Waals surface area contributed by atoms with Crippen molar-refractivity contribution in [1.29, 1.82) is 0 Å². The number of benzene rings is 1. The van der Waals surface area contributed by atoms with Gasteiger partial charge in [-0.2, -0.15) is 0 Å². The number of hydrogen-bond acceptors (Lipinski definition) is 4. The monoisotopic (exact) mass is 275 g/mol. The molecule has 0 saturated heterocycles. The van der Waals surface area contributed by atoms with Crippen LogP contribution in [0.25, 0.3) is 0 Å². The lowest BCUT2D eigenvalue weighted by Gasteiger charge is -2.05. The van der Waals surface area contributed by atoms with Crippen LogP contribution in [0.5, 0.6) is 11.5 Å². The Morgan fingerprint density at radius 3 is 2.50 bits per heavy atom. The van der Waals surface area contributed by atoms with E-state index in [1.54, 1.807) is 13.4 Å². The zero-order chi connectivity index (χ0) is 14.4. The fourth-order valence-electron chi connectivity index (χ4n) is 1.74. The average Bonchev–Trinajstić information content (AvgIpc) is 2.91. The third-order valence-corrected chi connectivity index (χ3v) is 2.86. The summed E-state index contributed by atoms with van der Waals surface area (Å²) in [6.07, 6.45) is 1.77. The maximum atomic E-state index is 5.66. The van der Waals surface area contributed by atoms with Crippen LogP contribution in [0.1, 0.15) is 25.2 Å². The first-order chi connectivity index (χ1) is 9.67. The summed E-state index contributed by atoms with van der Waals surface area (Å²) < 4.78 is 16.2. The summed E-state index contributed by atoms with van der Waals surface area (Å²) in [5.41, 5.74) is 1.13. The molecule has 0 fully saturated rings. The van der Waals surface area contributed by atoms with Crippen LogP contribution in [0, 0.1) is 0 Å². The third kappa shape index (κ3) is 4.31. The molecule has 1 N–H and O–H groups in total. The van der Waals surface area contributed by atoms with Gasteiger partial charge in [-0.25, -0.2) is 0 Å². The van der Waals surface area contributed by atoms with Crippen LogP contribution in [-0.2, 0) is 13.2 Å². The van der Waals surface area contributed by atoms with E-state index in [9.17, 15) is 0 Å². The fraction of sp³-hybridized carbons (Fsp3) is 0.375. The number of furan rings is 1. The lowest BCUT2D eigenvalue weighted by atomic mass is 10.3. The summed E-state index contributed by atoms with van der Waals surface area (Å²) in [6.45, 7) is 5.47. The molecule has 1 aromatic heterocycles. The second-order valence-corrected chi connectivity index (χ2v) is 4.92. The highest BCUT2D eigenvalue weighted by Crippen LogP contribution is 2.18. The Kier molecular flexibility index (Phi) is 5.07. The van der Waals surface area contributed by atoms with Gasteiger partial charge in [-0.05, 0) is 30.3 Å². The van der Waals surface area contributed by atoms with Crippen molar-refractivity contribution in [3.63, 3.8) is 0 Å². The van der Waals surface area contributed by atoms with E-state index in [-0.39, 0.29) is 0 Å². The van der Waals surface area contributed by atoms with Gasteiger partial charge < -0.3 is 19.2 Å². The highest BCUT2D eigenvalue weighted by molar-refractivity contribution is 5.31. The normalized spacial score (nSPS) is 10.8. The van der Waals surface area contributed by atoms with Crippen molar-refractivity contribution >= 4 is 0 Å². The average molecular weight is 275 g/mol. The highest BCUT2D eigenvalue weighted by Gasteiger charge is 2.04. The van der Waals surface area contributed by atoms with E-state index in [1.165, 1.54) is 0 Å². The summed E-state index contributed by atoms with van der Waals surface area (Å²) in [5.74, 6) is 2.43. The van der Waals surface area contributed by atoms with Crippen LogP contribution in [0.2, 0.25) is 0 Å². The first kappa shape index (κ1) is 14.5. The van der Waals surface area contributed by atoms with Gasteiger partial charge in [0.2, 0.25) is 0 Å². The zero-order valence-electron chi connectivity index (χ0n) is 12.2. The van der Waals surface area contributed by atoms with Gasteiger partial charge in [0.15, 0.2) is 0 Å². The van der Waals surface area contributed by atoms with Crippen LogP contribution in [0.4, 0.5) is 0 Å². The van der Waals surface area contributed by atoms with Crippen LogP contribution in [-0.4, -0.2) is 13.2 Å². The molecule has 0 aliphatic carbocycles. The largest absolute Gasteiger partial charge is 0.497 e. The van der Waals surface area contributed by atoms with Gasteiger partial charge in [0, 0.05) is 18.2 Å². The lowest BCUT2D eigenvalue weighted by Crippen LogP contribution is -2.21. The Labute approximate surface area is 119 Å². The molecule has 1 aromatic carbocycles. The molecule has 20 heavy (non-hydrogen) atoms. The van der Waals surface area contributed by atoms with Crippen molar-refractivity contribution in [2.45, 2.75) is 33.0 Å². The minimum Gasteiger partial charge on any atom is -0.497 e. The second-order valence-electron chi connectivity index (χ2n) is 4.92. The summed E-state index contributed by atoms with van der Waals surface area (Å²) in [6, 6.07) is 9.97. The molecule has 0 atom stereocenters. The molecule has 0 unspecified atom stereocenters. The standard InChI is InChI=1S/C16H21NO3/c1-12(2)17-9-13-8-16(19-10-13)11-20-15-6-4-14(18-3)5-7-15/h4-8,10,12,17H,9,11H2,1-3H3. The van der Waals surface area contributed by atoms with Gasteiger partial charge in [0.05, 0.1) is 13.4 Å². The van der Waals surface area contributed by atoms with Gasteiger partial charge in [0.1, 0.15) is 23.9 Å². The molecule has 108 valence electrons. The van der Waals surface area contributed by atoms with Crippen molar-refractivity contribution in [3.8, 4) is 11.5 Å². The Balaban J connectivity index is 1.84. The van der Waals surface area contributed by atoms with Crippen molar-refractivity contribution in [1.82, 2.24) is 5.32 Å². The van der Waals surface area contributed by atoms with Crippen molar-refractivity contribution in [2.24, 2.45) is 0 Å². The molecule has 1 heterocycles. The van der Waals surface area contributed by atoms with Crippen LogP contribution in [0.15, 0.2) is 41.0 Å². The van der Waals surface area contributed by atoms with Gasteiger partial charge in [-0.1, -0.05) is 13.8 Å². The number of ether oxygens (including phenoxy) is 2. The number of hydrogen-bond donors (Lipinski definition) is 1. The van der Waals surface area contributed by atoms with Crippen LogP contribution >= 0.6 is 0 Å². The molecule has 4 heteroatoms. The molecule has 4 nitrogen and oxygen atoms in total. The molecule has 0 aliphatic rings. The summed E-state index contributed by atoms with van der Waals surface area (Å²) >= 11 is 0. The first-order valence-electron chi connectivity index (χ1n) is 6.74. The Bertz CT molecular complexity index is 517. The summed E-state index contributed by atoms with van der Waals surface area (Å²) in [7, 11) is 1.64. The molecule has 0 aliphatic heterocycles. The number of methoxy groups -OCH3 is 1. The lowest BCUT2D eigenvalue weighted by molar-refractivity contribution is 0.270. The number of nitrogens with one attached hydrogen (secondary N) is 1. The van der Waals surface area contributed by atoms with Gasteiger partial charge in [-0.3, -0.25) is 0 Å². The van der Waals surface area contributed by atoms with Crippen LogP contribution in [0.3, 0.4) is 0 Å². The maximum absolute atomic E-state index is 5.66. The van der Waals surface area contributed by atoms with E-state index in [2.05, 4.69) is 19.2 Å². The van der Waals surface area contributed by atoms with Crippen LogP contribution < -0.4 is 14.8 Å². The van der Waals surface area contributed by atoms with Gasteiger partial charge >= 0.3 is 0 Å².